The van der Waals surface area contributed by atoms with Crippen molar-refractivity contribution in [3.05, 3.63) is 78.5 Å². The van der Waals surface area contributed by atoms with Gasteiger partial charge in [-0.15, -0.1) is 0 Å². The number of aromatic nitrogens is 3. The molecule has 2 heterocycles. The summed E-state index contributed by atoms with van der Waals surface area (Å²) >= 11 is 0. The van der Waals surface area contributed by atoms with Crippen LogP contribution in [0.2, 0.25) is 0 Å². The van der Waals surface area contributed by atoms with E-state index in [9.17, 15) is 26.9 Å². The van der Waals surface area contributed by atoms with E-state index < -0.39 is 21.8 Å². The number of sulfonamides is 1. The summed E-state index contributed by atoms with van der Waals surface area (Å²) in [4.78, 5) is 11.5. The highest BCUT2D eigenvalue weighted by Crippen LogP contribution is 2.41. The summed E-state index contributed by atoms with van der Waals surface area (Å²) in [5.74, 6) is -0.455. The van der Waals surface area contributed by atoms with Gasteiger partial charge in [0.05, 0.1) is 23.1 Å². The van der Waals surface area contributed by atoms with Crippen LogP contribution in [0.5, 0.6) is 5.75 Å². The monoisotopic (exact) mass is 485 g/mol. The predicted molar refractivity (Wildman–Crippen MR) is 116 cm³/mol. The Morgan fingerprint density at radius 1 is 1.06 bits per heavy atom. The zero-order valence-corrected chi connectivity index (χ0v) is 18.2. The molecule has 0 aliphatic heterocycles. The minimum absolute atomic E-state index is 0.122. The Hall–Kier alpha value is -4.24. The largest absolute Gasteiger partial charge is 0.495 e. The average Bonchev–Trinajstić information content (AvgIpc) is 2.83. The second kappa shape index (κ2) is 8.60. The molecule has 0 N–H and O–H groups in total. The second-order valence-electron chi connectivity index (χ2n) is 6.90. The molecule has 34 heavy (non-hydrogen) atoms. The molecule has 4 rings (SSSR count). The van der Waals surface area contributed by atoms with Gasteiger partial charge in [-0.2, -0.15) is 18.4 Å². The van der Waals surface area contributed by atoms with E-state index >= 15 is 0 Å². The minimum Gasteiger partial charge on any atom is -0.495 e. The molecule has 12 heteroatoms. The van der Waals surface area contributed by atoms with Crippen molar-refractivity contribution in [1.29, 1.82) is 5.26 Å². The summed E-state index contributed by atoms with van der Waals surface area (Å²) in [5, 5.41) is 10.3. The smallest absolute Gasteiger partial charge is 0.416 e. The first kappa shape index (κ1) is 22.9. The fraction of sp³-hybridized carbons (Fsp3) is 0.0909. The number of rotatable bonds is 5. The van der Waals surface area contributed by atoms with Crippen molar-refractivity contribution in [2.45, 2.75) is 11.1 Å². The number of anilines is 2. The number of nitrogens with zero attached hydrogens (tertiary/aromatic N) is 5. The van der Waals surface area contributed by atoms with Crippen LogP contribution in [0, 0.1) is 11.3 Å². The SMILES string of the molecule is COc1cc(C(F)(F)F)ccc1N(c1ccncn1)S(=O)(=O)c1ccc2cncc(C#N)c2c1. The van der Waals surface area contributed by atoms with Gasteiger partial charge in [0.2, 0.25) is 0 Å². The fourth-order valence-corrected chi connectivity index (χ4v) is 4.78. The Balaban J connectivity index is 1.97. The highest BCUT2D eigenvalue weighted by atomic mass is 32.2. The normalized spacial score (nSPS) is 11.7. The Morgan fingerprint density at radius 3 is 2.50 bits per heavy atom. The van der Waals surface area contributed by atoms with Crippen molar-refractivity contribution >= 4 is 32.3 Å². The van der Waals surface area contributed by atoms with E-state index in [1.54, 1.807) is 0 Å². The standard InChI is InChI=1S/C22H14F3N5O3S/c1-33-20-8-16(22(23,24)25)3-5-19(20)30(21-6-7-27-13-29-21)34(31,32)17-4-2-14-11-28-12-15(10-26)18(14)9-17/h2-9,11-13H,1H3. The molecule has 0 unspecified atom stereocenters. The average molecular weight is 485 g/mol. The molecule has 4 aromatic rings. The van der Waals surface area contributed by atoms with Crippen LogP contribution in [0.3, 0.4) is 0 Å². The number of alkyl halides is 3. The third-order valence-electron chi connectivity index (χ3n) is 4.89. The van der Waals surface area contributed by atoms with Gasteiger partial charge >= 0.3 is 6.18 Å². The van der Waals surface area contributed by atoms with Crippen LogP contribution < -0.4 is 9.04 Å². The van der Waals surface area contributed by atoms with E-state index in [0.29, 0.717) is 16.8 Å². The molecule has 172 valence electrons. The number of hydrogen-bond donors (Lipinski definition) is 0. The van der Waals surface area contributed by atoms with Gasteiger partial charge in [-0.05, 0) is 30.3 Å². The predicted octanol–water partition coefficient (Wildman–Crippen LogP) is 4.45. The van der Waals surface area contributed by atoms with E-state index in [2.05, 4.69) is 15.0 Å². The molecule has 2 aromatic heterocycles. The Bertz CT molecular complexity index is 1520. The summed E-state index contributed by atoms with van der Waals surface area (Å²) in [7, 11) is -3.32. The molecule has 2 aromatic carbocycles. The lowest BCUT2D eigenvalue weighted by molar-refractivity contribution is -0.137. The first-order valence-electron chi connectivity index (χ1n) is 9.51. The number of methoxy groups -OCH3 is 1. The van der Waals surface area contributed by atoms with E-state index in [1.165, 1.54) is 42.9 Å². The molecule has 0 saturated heterocycles. The molecule has 0 atom stereocenters. The fourth-order valence-electron chi connectivity index (χ4n) is 3.30. The maximum Gasteiger partial charge on any atom is 0.416 e. The highest BCUT2D eigenvalue weighted by Gasteiger charge is 2.35. The van der Waals surface area contributed by atoms with E-state index in [1.807, 2.05) is 6.07 Å². The van der Waals surface area contributed by atoms with Crippen LogP contribution in [0.15, 0.2) is 72.3 Å². The van der Waals surface area contributed by atoms with Crippen molar-refractivity contribution in [1.82, 2.24) is 15.0 Å². The first-order valence-corrected chi connectivity index (χ1v) is 11.0. The molecule has 0 aliphatic rings. The van der Waals surface area contributed by atoms with Crippen molar-refractivity contribution in [2.75, 3.05) is 11.4 Å². The topological polar surface area (TPSA) is 109 Å². The Kier molecular flexibility index (Phi) is 5.80. The zero-order chi connectivity index (χ0) is 24.5. The quantitative estimate of drug-likeness (QED) is 0.411. The molecule has 0 aliphatic carbocycles. The van der Waals surface area contributed by atoms with Crippen LogP contribution >= 0.6 is 0 Å². The maximum atomic E-state index is 13.8. The molecular formula is C22H14F3N5O3S. The zero-order valence-electron chi connectivity index (χ0n) is 17.4. The summed E-state index contributed by atoms with van der Waals surface area (Å²) in [6.07, 6.45) is 0.521. The van der Waals surface area contributed by atoms with Crippen molar-refractivity contribution in [3.63, 3.8) is 0 Å². The number of pyridine rings is 1. The molecule has 0 amide bonds. The van der Waals surface area contributed by atoms with Gasteiger partial charge in [0, 0.05) is 35.4 Å². The van der Waals surface area contributed by atoms with Gasteiger partial charge in [0.25, 0.3) is 10.0 Å². The Morgan fingerprint density at radius 2 is 1.85 bits per heavy atom. The lowest BCUT2D eigenvalue weighted by Crippen LogP contribution is -2.27. The van der Waals surface area contributed by atoms with Crippen LogP contribution in [0.1, 0.15) is 11.1 Å². The van der Waals surface area contributed by atoms with Crippen LogP contribution in [-0.2, 0) is 16.2 Å². The van der Waals surface area contributed by atoms with Crippen LogP contribution in [0.25, 0.3) is 10.8 Å². The van der Waals surface area contributed by atoms with Gasteiger partial charge in [-0.1, -0.05) is 6.07 Å². The number of fused-ring (bicyclic) bond motifs is 1. The third-order valence-corrected chi connectivity index (χ3v) is 6.61. The number of nitriles is 1. The second-order valence-corrected chi connectivity index (χ2v) is 8.69. The summed E-state index contributed by atoms with van der Waals surface area (Å²) in [6, 6.07) is 9.80. The summed E-state index contributed by atoms with van der Waals surface area (Å²) in [5.41, 5.74) is -1.04. The molecule has 0 fully saturated rings. The molecule has 0 bridgehead atoms. The van der Waals surface area contributed by atoms with Gasteiger partial charge in [-0.3, -0.25) is 4.98 Å². The van der Waals surface area contributed by atoms with Gasteiger partial charge < -0.3 is 4.74 Å². The molecule has 8 nitrogen and oxygen atoms in total. The third kappa shape index (κ3) is 4.08. The molecule has 0 saturated carbocycles. The molecular weight excluding hydrogens is 471 g/mol. The number of hydrogen-bond acceptors (Lipinski definition) is 7. The lowest BCUT2D eigenvalue weighted by atomic mass is 10.1. The summed E-state index contributed by atoms with van der Waals surface area (Å²) in [6.45, 7) is 0. The number of benzene rings is 2. The minimum atomic E-state index is -4.66. The maximum absolute atomic E-state index is 13.8. The van der Waals surface area contributed by atoms with Crippen molar-refractivity contribution < 1.29 is 26.3 Å². The molecule has 0 spiro atoms. The molecule has 0 radical (unpaired) electrons. The van der Waals surface area contributed by atoms with Crippen molar-refractivity contribution in [3.8, 4) is 11.8 Å². The van der Waals surface area contributed by atoms with Crippen LogP contribution in [0.4, 0.5) is 24.7 Å². The lowest BCUT2D eigenvalue weighted by Gasteiger charge is -2.25. The number of ether oxygens (including phenoxy) is 1. The van der Waals surface area contributed by atoms with Gasteiger partial charge in [0.1, 0.15) is 23.8 Å². The van der Waals surface area contributed by atoms with E-state index in [4.69, 9.17) is 4.74 Å². The highest BCUT2D eigenvalue weighted by molar-refractivity contribution is 7.93. The van der Waals surface area contributed by atoms with Crippen molar-refractivity contribution in [2.24, 2.45) is 0 Å². The van der Waals surface area contributed by atoms with E-state index in [0.717, 1.165) is 29.9 Å². The first-order chi connectivity index (χ1) is 16.2. The van der Waals surface area contributed by atoms with E-state index in [-0.39, 0.29) is 27.7 Å². The Labute approximate surface area is 192 Å². The summed E-state index contributed by atoms with van der Waals surface area (Å²) < 4.78 is 73.2. The van der Waals surface area contributed by atoms with Gasteiger partial charge in [0.15, 0.2) is 5.82 Å². The van der Waals surface area contributed by atoms with Crippen LogP contribution in [-0.4, -0.2) is 30.5 Å². The number of halogens is 3. The van der Waals surface area contributed by atoms with Gasteiger partial charge in [-0.25, -0.2) is 22.7 Å².